The molecular formula is C9H11ClN6O. The lowest BCUT2D eigenvalue weighted by Gasteiger charge is -2.06. The molecule has 2 rings (SSSR count). The van der Waals surface area contributed by atoms with Gasteiger partial charge < -0.3 is 10.1 Å². The van der Waals surface area contributed by atoms with Crippen molar-refractivity contribution >= 4 is 17.4 Å². The number of hydrogen-bond donors (Lipinski definition) is 2. The van der Waals surface area contributed by atoms with E-state index < -0.39 is 0 Å². The Kier molecular flexibility index (Phi) is 3.71. The quantitative estimate of drug-likeness (QED) is 0.825. The zero-order valence-corrected chi connectivity index (χ0v) is 9.90. The van der Waals surface area contributed by atoms with Gasteiger partial charge in [-0.1, -0.05) is 11.6 Å². The second-order valence-electron chi connectivity index (χ2n) is 3.16. The highest BCUT2D eigenvalue weighted by molar-refractivity contribution is 6.32. The van der Waals surface area contributed by atoms with Crippen LogP contribution in [0.25, 0.3) is 0 Å². The van der Waals surface area contributed by atoms with E-state index in [1.54, 1.807) is 0 Å². The molecule has 0 bridgehead atoms. The van der Waals surface area contributed by atoms with Crippen LogP contribution < -0.4 is 10.1 Å². The fourth-order valence-electron chi connectivity index (χ4n) is 1.22. The summed E-state index contributed by atoms with van der Waals surface area (Å²) in [5, 5.41) is 10.0. The maximum Gasteiger partial charge on any atom is 0.318 e. The Morgan fingerprint density at radius 1 is 1.47 bits per heavy atom. The van der Waals surface area contributed by atoms with Crippen LogP contribution in [0, 0.1) is 0 Å². The molecule has 2 N–H and O–H groups in total. The van der Waals surface area contributed by atoms with E-state index in [0.29, 0.717) is 23.8 Å². The highest BCUT2D eigenvalue weighted by Gasteiger charge is 2.05. The molecule has 0 unspecified atom stereocenters. The first-order chi connectivity index (χ1) is 8.29. The van der Waals surface area contributed by atoms with E-state index in [2.05, 4.69) is 30.5 Å². The van der Waals surface area contributed by atoms with E-state index in [9.17, 15) is 0 Å². The number of anilines is 1. The molecule has 0 saturated heterocycles. The highest BCUT2D eigenvalue weighted by Crippen LogP contribution is 2.19. The van der Waals surface area contributed by atoms with Gasteiger partial charge in [0.05, 0.1) is 13.3 Å². The van der Waals surface area contributed by atoms with Crippen molar-refractivity contribution in [2.24, 2.45) is 0 Å². The van der Waals surface area contributed by atoms with Gasteiger partial charge in [0.1, 0.15) is 17.2 Å². The van der Waals surface area contributed by atoms with Gasteiger partial charge in [0, 0.05) is 13.0 Å². The Balaban J connectivity index is 1.94. The third-order valence-electron chi connectivity index (χ3n) is 2.02. The van der Waals surface area contributed by atoms with Gasteiger partial charge in [0.25, 0.3) is 0 Å². The number of aromatic nitrogens is 5. The van der Waals surface area contributed by atoms with Crippen LogP contribution in [0.15, 0.2) is 12.5 Å². The number of halogens is 1. The van der Waals surface area contributed by atoms with Gasteiger partial charge >= 0.3 is 6.01 Å². The van der Waals surface area contributed by atoms with E-state index >= 15 is 0 Å². The second kappa shape index (κ2) is 5.44. The van der Waals surface area contributed by atoms with Crippen molar-refractivity contribution in [2.45, 2.75) is 6.42 Å². The van der Waals surface area contributed by atoms with Crippen molar-refractivity contribution in [3.8, 4) is 6.01 Å². The van der Waals surface area contributed by atoms with E-state index in [0.717, 1.165) is 5.82 Å². The molecule has 0 aliphatic heterocycles. The summed E-state index contributed by atoms with van der Waals surface area (Å²) >= 11 is 5.93. The number of nitrogens with zero attached hydrogens (tertiary/aromatic N) is 4. The Bertz CT molecular complexity index is 474. The predicted octanol–water partition coefficient (Wildman–Crippen LogP) is 0.911. The van der Waals surface area contributed by atoms with Gasteiger partial charge in [-0.2, -0.15) is 10.1 Å². The van der Waals surface area contributed by atoms with Crippen molar-refractivity contribution in [1.82, 2.24) is 25.1 Å². The Hall–Kier alpha value is -1.89. The van der Waals surface area contributed by atoms with Crippen LogP contribution in [0.3, 0.4) is 0 Å². The minimum atomic E-state index is 0.275. The molecule has 0 fully saturated rings. The van der Waals surface area contributed by atoms with Crippen molar-refractivity contribution in [3.05, 3.63) is 23.4 Å². The fourth-order valence-corrected chi connectivity index (χ4v) is 1.38. The molecule has 0 saturated carbocycles. The molecule has 0 amide bonds. The monoisotopic (exact) mass is 254 g/mol. The van der Waals surface area contributed by atoms with Crippen LogP contribution in [0.2, 0.25) is 5.02 Å². The summed E-state index contributed by atoms with van der Waals surface area (Å²) in [5.41, 5.74) is 0. The van der Waals surface area contributed by atoms with E-state index in [-0.39, 0.29) is 6.01 Å². The van der Waals surface area contributed by atoms with Gasteiger partial charge in [0.15, 0.2) is 5.82 Å². The molecule has 8 heteroatoms. The molecule has 2 aromatic heterocycles. The van der Waals surface area contributed by atoms with Gasteiger partial charge in [-0.15, -0.1) is 0 Å². The topological polar surface area (TPSA) is 88.6 Å². The number of hydrogen-bond acceptors (Lipinski definition) is 6. The molecule has 2 heterocycles. The molecule has 0 atom stereocenters. The largest absolute Gasteiger partial charge is 0.467 e. The number of methoxy groups -OCH3 is 1. The van der Waals surface area contributed by atoms with Crippen LogP contribution in [0.4, 0.5) is 5.82 Å². The third kappa shape index (κ3) is 3.04. The van der Waals surface area contributed by atoms with Crippen molar-refractivity contribution in [3.63, 3.8) is 0 Å². The summed E-state index contributed by atoms with van der Waals surface area (Å²) in [6.45, 7) is 0.634. The number of nitrogens with one attached hydrogen (secondary N) is 2. The summed E-state index contributed by atoms with van der Waals surface area (Å²) in [6, 6.07) is 0.275. The second-order valence-corrected chi connectivity index (χ2v) is 3.57. The molecule has 0 aliphatic carbocycles. The zero-order valence-electron chi connectivity index (χ0n) is 9.14. The van der Waals surface area contributed by atoms with Gasteiger partial charge in [-0.05, 0) is 0 Å². The Morgan fingerprint density at radius 2 is 2.35 bits per heavy atom. The van der Waals surface area contributed by atoms with Gasteiger partial charge in [-0.3, -0.25) is 5.10 Å². The number of rotatable bonds is 5. The number of H-pyrrole nitrogens is 1. The summed E-state index contributed by atoms with van der Waals surface area (Å²) in [6.07, 6.45) is 3.66. The van der Waals surface area contributed by atoms with Crippen molar-refractivity contribution in [1.29, 1.82) is 0 Å². The Morgan fingerprint density at radius 3 is 3.06 bits per heavy atom. The van der Waals surface area contributed by atoms with Crippen LogP contribution in [0.1, 0.15) is 5.82 Å². The van der Waals surface area contributed by atoms with E-state index in [4.69, 9.17) is 16.3 Å². The summed E-state index contributed by atoms with van der Waals surface area (Å²) in [4.78, 5) is 12.0. The van der Waals surface area contributed by atoms with Gasteiger partial charge in [-0.25, -0.2) is 9.97 Å². The van der Waals surface area contributed by atoms with Crippen molar-refractivity contribution < 1.29 is 4.74 Å². The normalized spacial score (nSPS) is 10.2. The first-order valence-corrected chi connectivity index (χ1v) is 5.32. The lowest BCUT2D eigenvalue weighted by molar-refractivity contribution is 0.380. The van der Waals surface area contributed by atoms with Crippen LogP contribution in [-0.4, -0.2) is 38.8 Å². The standard InChI is InChI=1S/C9H11ClN6O/c1-17-9-12-4-6(10)8(15-9)11-3-2-7-13-5-14-16-7/h4-5H,2-3H2,1H3,(H,11,12,15)(H,13,14,16). The molecule has 0 spiro atoms. The maximum atomic E-state index is 5.93. The predicted molar refractivity (Wildman–Crippen MR) is 62.2 cm³/mol. The van der Waals surface area contributed by atoms with E-state index in [1.165, 1.54) is 19.6 Å². The smallest absolute Gasteiger partial charge is 0.318 e. The zero-order chi connectivity index (χ0) is 12.1. The highest BCUT2D eigenvalue weighted by atomic mass is 35.5. The summed E-state index contributed by atoms with van der Waals surface area (Å²) < 4.78 is 4.91. The van der Waals surface area contributed by atoms with Crippen LogP contribution in [0.5, 0.6) is 6.01 Å². The first kappa shape index (κ1) is 11.6. The average molecular weight is 255 g/mol. The maximum absolute atomic E-state index is 5.93. The molecule has 2 aromatic rings. The fraction of sp³-hybridized carbons (Fsp3) is 0.333. The van der Waals surface area contributed by atoms with Crippen molar-refractivity contribution in [2.75, 3.05) is 19.0 Å². The Labute approximate surface area is 103 Å². The summed E-state index contributed by atoms with van der Waals surface area (Å²) in [5.74, 6) is 1.34. The molecule has 7 nitrogen and oxygen atoms in total. The van der Waals surface area contributed by atoms with Crippen LogP contribution >= 0.6 is 11.6 Å². The molecule has 90 valence electrons. The molecule has 0 aromatic carbocycles. The minimum Gasteiger partial charge on any atom is -0.467 e. The third-order valence-corrected chi connectivity index (χ3v) is 2.30. The minimum absolute atomic E-state index is 0.275. The lowest BCUT2D eigenvalue weighted by atomic mass is 10.4. The summed E-state index contributed by atoms with van der Waals surface area (Å²) in [7, 11) is 1.50. The lowest BCUT2D eigenvalue weighted by Crippen LogP contribution is -2.08. The molecule has 17 heavy (non-hydrogen) atoms. The molecular weight excluding hydrogens is 244 g/mol. The van der Waals surface area contributed by atoms with E-state index in [1.807, 2.05) is 0 Å². The SMILES string of the molecule is COc1ncc(Cl)c(NCCc2ncn[nH]2)n1. The van der Waals surface area contributed by atoms with Crippen LogP contribution in [-0.2, 0) is 6.42 Å². The number of ether oxygens (including phenoxy) is 1. The molecule has 0 aliphatic rings. The first-order valence-electron chi connectivity index (χ1n) is 4.94. The number of aromatic amines is 1. The molecule has 0 radical (unpaired) electrons. The van der Waals surface area contributed by atoms with Gasteiger partial charge in [0.2, 0.25) is 0 Å². The average Bonchev–Trinajstić information content (AvgIpc) is 2.84.